The van der Waals surface area contributed by atoms with E-state index in [9.17, 15) is 9.59 Å². The van der Waals surface area contributed by atoms with Crippen molar-refractivity contribution in [2.45, 2.75) is 56.1 Å². The number of aromatic nitrogens is 2. The van der Waals surface area contributed by atoms with Crippen LogP contribution in [0.5, 0.6) is 0 Å². The summed E-state index contributed by atoms with van der Waals surface area (Å²) in [5.74, 6) is 2.08. The van der Waals surface area contributed by atoms with Gasteiger partial charge in [0.2, 0.25) is 5.91 Å². The van der Waals surface area contributed by atoms with Gasteiger partial charge in [-0.25, -0.2) is 4.98 Å². The monoisotopic (exact) mass is 397 g/mol. The van der Waals surface area contributed by atoms with Gasteiger partial charge in [-0.15, -0.1) is 0 Å². The maximum absolute atomic E-state index is 12.9. The van der Waals surface area contributed by atoms with Crippen LogP contribution in [-0.4, -0.2) is 39.2 Å². The van der Waals surface area contributed by atoms with Crippen molar-refractivity contribution in [2.75, 3.05) is 18.8 Å². The van der Waals surface area contributed by atoms with E-state index in [1.807, 2.05) is 28.8 Å². The van der Waals surface area contributed by atoms with Crippen molar-refractivity contribution in [1.29, 1.82) is 0 Å². The van der Waals surface area contributed by atoms with E-state index in [-0.39, 0.29) is 17.5 Å². The third-order valence-electron chi connectivity index (χ3n) is 6.66. The topological polar surface area (TPSA) is 55.2 Å². The summed E-state index contributed by atoms with van der Waals surface area (Å²) in [5, 5.41) is 1.37. The molecule has 5 nitrogen and oxygen atoms in total. The fourth-order valence-corrected chi connectivity index (χ4v) is 5.90. The number of piperidine rings is 1. The van der Waals surface area contributed by atoms with Crippen molar-refractivity contribution in [3.8, 4) is 0 Å². The maximum atomic E-state index is 12.9. The molecule has 2 saturated carbocycles. The first kappa shape index (κ1) is 18.2. The lowest BCUT2D eigenvalue weighted by Crippen LogP contribution is -2.45. The molecule has 5 rings (SSSR count). The van der Waals surface area contributed by atoms with Crippen molar-refractivity contribution >= 4 is 28.6 Å². The van der Waals surface area contributed by atoms with Crippen LogP contribution in [0.4, 0.5) is 0 Å². The number of nitrogens with zero attached hydrogens (tertiary/aromatic N) is 3. The smallest absolute Gasteiger partial charge is 0.262 e. The van der Waals surface area contributed by atoms with Crippen LogP contribution >= 0.6 is 11.8 Å². The lowest BCUT2D eigenvalue weighted by atomic mass is 9.75. The summed E-state index contributed by atoms with van der Waals surface area (Å²) < 4.78 is 1.83. The molecule has 1 aliphatic heterocycles. The maximum Gasteiger partial charge on any atom is 0.262 e. The normalized spacial score (nSPS) is 24.9. The van der Waals surface area contributed by atoms with Gasteiger partial charge in [-0.2, -0.15) is 0 Å². The van der Waals surface area contributed by atoms with Gasteiger partial charge in [0.25, 0.3) is 5.56 Å². The van der Waals surface area contributed by atoms with E-state index < -0.39 is 0 Å². The van der Waals surface area contributed by atoms with Crippen molar-refractivity contribution in [1.82, 2.24) is 14.5 Å². The van der Waals surface area contributed by atoms with Gasteiger partial charge in [-0.3, -0.25) is 14.2 Å². The second-order valence-corrected chi connectivity index (χ2v) is 9.48. The summed E-state index contributed by atoms with van der Waals surface area (Å²) in [6.07, 6.45) is 8.49. The van der Waals surface area contributed by atoms with E-state index in [4.69, 9.17) is 4.98 Å². The number of amides is 1. The largest absolute Gasteiger partial charge is 0.342 e. The van der Waals surface area contributed by atoms with Crippen LogP contribution in [-0.2, 0) is 4.79 Å². The molecule has 2 atom stereocenters. The van der Waals surface area contributed by atoms with Crippen LogP contribution in [0.2, 0.25) is 0 Å². The van der Waals surface area contributed by atoms with E-state index in [1.54, 1.807) is 0 Å². The van der Waals surface area contributed by atoms with Gasteiger partial charge in [-0.05, 0) is 49.7 Å². The first-order valence-electron chi connectivity index (χ1n) is 10.6. The molecule has 3 fully saturated rings. The number of para-hydroxylation sites is 1. The SMILES string of the molecule is O=C(CSc1nc2ccccc2c(=O)n1C1CC1)N1CC[C@H]2CCCC[C@@H]2C1. The van der Waals surface area contributed by atoms with E-state index >= 15 is 0 Å². The Morgan fingerprint density at radius 2 is 1.86 bits per heavy atom. The van der Waals surface area contributed by atoms with Gasteiger partial charge in [0.05, 0.1) is 16.7 Å². The van der Waals surface area contributed by atoms with Crippen LogP contribution in [0.25, 0.3) is 10.9 Å². The highest BCUT2D eigenvalue weighted by Gasteiger charge is 2.33. The number of rotatable bonds is 4. The number of thioether (sulfide) groups is 1. The lowest BCUT2D eigenvalue weighted by Gasteiger charge is -2.41. The highest BCUT2D eigenvalue weighted by molar-refractivity contribution is 7.99. The highest BCUT2D eigenvalue weighted by Crippen LogP contribution is 2.38. The van der Waals surface area contributed by atoms with Crippen molar-refractivity contribution in [3.05, 3.63) is 34.6 Å². The molecule has 0 unspecified atom stereocenters. The number of hydrogen-bond donors (Lipinski definition) is 0. The predicted molar refractivity (Wildman–Crippen MR) is 112 cm³/mol. The van der Waals surface area contributed by atoms with E-state index in [2.05, 4.69) is 4.90 Å². The molecule has 2 aromatic rings. The Kier molecular flexibility index (Phi) is 4.91. The van der Waals surface area contributed by atoms with Gasteiger partial charge in [0.1, 0.15) is 0 Å². The van der Waals surface area contributed by atoms with Crippen molar-refractivity contribution < 1.29 is 4.79 Å². The summed E-state index contributed by atoms with van der Waals surface area (Å²) in [6, 6.07) is 7.77. The molecule has 3 aliphatic rings. The summed E-state index contributed by atoms with van der Waals surface area (Å²) in [6.45, 7) is 1.81. The Morgan fingerprint density at radius 3 is 2.68 bits per heavy atom. The summed E-state index contributed by atoms with van der Waals surface area (Å²) in [7, 11) is 0. The zero-order valence-electron chi connectivity index (χ0n) is 16.2. The quantitative estimate of drug-likeness (QED) is 0.581. The lowest BCUT2D eigenvalue weighted by molar-refractivity contribution is -0.131. The molecule has 1 amide bonds. The number of benzene rings is 1. The van der Waals surface area contributed by atoms with E-state index in [0.717, 1.165) is 43.8 Å². The van der Waals surface area contributed by atoms with Crippen LogP contribution < -0.4 is 5.56 Å². The molecule has 0 bridgehead atoms. The molecular weight excluding hydrogens is 370 g/mol. The zero-order chi connectivity index (χ0) is 19.1. The number of fused-ring (bicyclic) bond motifs is 2. The summed E-state index contributed by atoms with van der Waals surface area (Å²) in [4.78, 5) is 32.6. The van der Waals surface area contributed by atoms with Crippen LogP contribution in [0.15, 0.2) is 34.2 Å². The molecule has 6 heteroatoms. The Bertz CT molecular complexity index is 952. The Morgan fingerprint density at radius 1 is 1.07 bits per heavy atom. The molecule has 0 N–H and O–H groups in total. The van der Waals surface area contributed by atoms with Crippen LogP contribution in [0.3, 0.4) is 0 Å². The molecule has 0 spiro atoms. The van der Waals surface area contributed by atoms with Gasteiger partial charge in [-0.1, -0.05) is 43.2 Å². The highest BCUT2D eigenvalue weighted by atomic mass is 32.2. The Labute approximate surface area is 169 Å². The minimum absolute atomic E-state index is 0.0334. The van der Waals surface area contributed by atoms with Gasteiger partial charge < -0.3 is 4.90 Å². The molecule has 1 saturated heterocycles. The first-order chi connectivity index (χ1) is 13.7. The summed E-state index contributed by atoms with van der Waals surface area (Å²) in [5.41, 5.74) is 0.758. The Balaban J connectivity index is 1.32. The average Bonchev–Trinajstić information content (AvgIpc) is 3.56. The minimum Gasteiger partial charge on any atom is -0.342 e. The second kappa shape index (κ2) is 7.54. The fourth-order valence-electron chi connectivity index (χ4n) is 4.93. The zero-order valence-corrected chi connectivity index (χ0v) is 17.0. The van der Waals surface area contributed by atoms with Crippen LogP contribution in [0, 0.1) is 11.8 Å². The molecule has 0 radical (unpaired) electrons. The second-order valence-electron chi connectivity index (χ2n) is 8.54. The first-order valence-corrected chi connectivity index (χ1v) is 11.6. The van der Waals surface area contributed by atoms with Gasteiger partial charge in [0, 0.05) is 19.1 Å². The standard InChI is InChI=1S/C22H27N3O2S/c26-20(24-12-11-15-5-1-2-6-16(15)13-24)14-28-22-23-19-8-4-3-7-18(19)21(27)25(22)17-9-10-17/h3-4,7-8,15-17H,1-2,5-6,9-14H2/t15-,16-/m1/s1. The van der Waals surface area contributed by atoms with Gasteiger partial charge >= 0.3 is 0 Å². The third-order valence-corrected chi connectivity index (χ3v) is 7.59. The molecule has 148 valence electrons. The van der Waals surface area contributed by atoms with Crippen molar-refractivity contribution in [3.63, 3.8) is 0 Å². The van der Waals surface area contributed by atoms with Gasteiger partial charge in [0.15, 0.2) is 5.16 Å². The third kappa shape index (κ3) is 3.47. The predicted octanol–water partition coefficient (Wildman–Crippen LogP) is 3.86. The van der Waals surface area contributed by atoms with E-state index in [1.165, 1.54) is 37.4 Å². The van der Waals surface area contributed by atoms with Crippen molar-refractivity contribution in [2.24, 2.45) is 11.8 Å². The summed E-state index contributed by atoms with van der Waals surface area (Å²) >= 11 is 1.44. The fraction of sp³-hybridized carbons (Fsp3) is 0.591. The number of likely N-dealkylation sites (tertiary alicyclic amines) is 1. The molecule has 1 aromatic carbocycles. The molecular formula is C22H27N3O2S. The minimum atomic E-state index is 0.0334. The molecule has 28 heavy (non-hydrogen) atoms. The number of carbonyl (C=O) groups is 1. The molecule has 2 heterocycles. The van der Waals surface area contributed by atoms with Crippen LogP contribution in [0.1, 0.15) is 51.0 Å². The number of carbonyl (C=O) groups excluding carboxylic acids is 1. The Hall–Kier alpha value is -1.82. The molecule has 1 aromatic heterocycles. The number of hydrogen-bond acceptors (Lipinski definition) is 4. The molecule has 2 aliphatic carbocycles. The van der Waals surface area contributed by atoms with E-state index in [0.29, 0.717) is 22.2 Å². The average molecular weight is 398 g/mol.